The summed E-state index contributed by atoms with van der Waals surface area (Å²) in [5.74, 6) is 0.389. The fraction of sp³-hybridized carbons (Fsp3) is 0.391. The smallest absolute Gasteiger partial charge is 0.292 e. The Kier molecular flexibility index (Phi) is 4.28. The van der Waals surface area contributed by atoms with Crippen LogP contribution in [-0.4, -0.2) is 42.4 Å². The van der Waals surface area contributed by atoms with E-state index in [2.05, 4.69) is 15.0 Å². The number of aromatic nitrogens is 4. The van der Waals surface area contributed by atoms with E-state index in [0.717, 1.165) is 39.5 Å². The topological polar surface area (TPSA) is 108 Å². The van der Waals surface area contributed by atoms with Crippen LogP contribution in [0.4, 0.5) is 0 Å². The van der Waals surface area contributed by atoms with Crippen LogP contribution in [0.5, 0.6) is 0 Å². The Hall–Kier alpha value is -3.04. The molecule has 1 aliphatic carbocycles. The van der Waals surface area contributed by atoms with Gasteiger partial charge in [0.15, 0.2) is 0 Å². The molecule has 164 valence electrons. The second-order valence-electron chi connectivity index (χ2n) is 9.00. The van der Waals surface area contributed by atoms with Gasteiger partial charge in [-0.2, -0.15) is 0 Å². The fourth-order valence-corrected chi connectivity index (χ4v) is 5.35. The van der Waals surface area contributed by atoms with E-state index in [1.165, 1.54) is 0 Å². The molecule has 2 N–H and O–H groups in total. The first-order valence-electron chi connectivity index (χ1n) is 10.8. The minimum atomic E-state index is -1.26. The highest BCUT2D eigenvalue weighted by molar-refractivity contribution is 7.18. The van der Waals surface area contributed by atoms with Crippen LogP contribution in [0.15, 0.2) is 35.0 Å². The third-order valence-corrected chi connectivity index (χ3v) is 7.15. The van der Waals surface area contributed by atoms with Gasteiger partial charge in [0.2, 0.25) is 11.7 Å². The minimum Gasteiger partial charge on any atom is -0.432 e. The van der Waals surface area contributed by atoms with Crippen molar-refractivity contribution in [3.63, 3.8) is 0 Å². The van der Waals surface area contributed by atoms with Gasteiger partial charge in [-0.25, -0.2) is 15.0 Å². The molecular weight excluding hydrogens is 426 g/mol. The number of rotatable bonds is 4. The van der Waals surface area contributed by atoms with Crippen LogP contribution in [0.2, 0.25) is 0 Å². The number of carbonyl (C=O) groups excluding carboxylic acids is 1. The van der Waals surface area contributed by atoms with Crippen LogP contribution in [-0.2, 0) is 12.0 Å². The minimum absolute atomic E-state index is 0.178. The Balaban J connectivity index is 1.46. The molecule has 0 radical (unpaired) electrons. The van der Waals surface area contributed by atoms with Gasteiger partial charge in [-0.15, -0.1) is 11.3 Å². The van der Waals surface area contributed by atoms with Gasteiger partial charge < -0.3 is 19.4 Å². The van der Waals surface area contributed by atoms with Crippen LogP contribution >= 0.6 is 11.3 Å². The molecule has 9 heteroatoms. The molecule has 8 nitrogen and oxygen atoms in total. The van der Waals surface area contributed by atoms with Crippen molar-refractivity contribution in [3.05, 3.63) is 64.3 Å². The van der Waals surface area contributed by atoms with Gasteiger partial charge >= 0.3 is 0 Å². The number of imidazole rings is 1. The normalized spacial score (nSPS) is 18.8. The first-order chi connectivity index (χ1) is 15.4. The Bertz CT molecular complexity index is 1290. The number of nitrogens with zero attached hydrogens (tertiary/aromatic N) is 4. The molecule has 6 rings (SSSR count). The van der Waals surface area contributed by atoms with Crippen LogP contribution < -0.4 is 0 Å². The van der Waals surface area contributed by atoms with E-state index in [0.29, 0.717) is 18.7 Å². The number of nitrogens with one attached hydrogen (secondary N) is 1. The summed E-state index contributed by atoms with van der Waals surface area (Å²) in [5, 5.41) is 11.3. The lowest BCUT2D eigenvalue weighted by atomic mass is 10.0. The maximum atomic E-state index is 13.9. The van der Waals surface area contributed by atoms with Crippen molar-refractivity contribution in [1.29, 1.82) is 0 Å². The van der Waals surface area contributed by atoms with Crippen molar-refractivity contribution in [2.75, 3.05) is 6.54 Å². The fourth-order valence-electron chi connectivity index (χ4n) is 4.26. The number of oxazole rings is 1. The maximum Gasteiger partial charge on any atom is 0.292 e. The number of aliphatic hydroxyl groups is 1. The monoisotopic (exact) mass is 449 g/mol. The molecule has 3 aromatic heterocycles. The third kappa shape index (κ3) is 3.15. The Morgan fingerprint density at radius 1 is 1.25 bits per heavy atom. The van der Waals surface area contributed by atoms with E-state index in [1.807, 2.05) is 24.3 Å². The molecule has 1 fully saturated rings. The van der Waals surface area contributed by atoms with Gasteiger partial charge in [0.1, 0.15) is 16.7 Å². The van der Waals surface area contributed by atoms with E-state index < -0.39 is 11.6 Å². The van der Waals surface area contributed by atoms with E-state index in [1.54, 1.807) is 36.4 Å². The zero-order chi connectivity index (χ0) is 22.0. The number of thiazole rings is 1. The molecule has 1 atom stereocenters. The molecule has 32 heavy (non-hydrogen) atoms. The lowest BCUT2D eigenvalue weighted by Gasteiger charge is -2.33. The molecule has 0 bridgehead atoms. The number of fused-ring (bicyclic) bond motifs is 2. The quantitative estimate of drug-likeness (QED) is 0.489. The average molecular weight is 450 g/mol. The van der Waals surface area contributed by atoms with Crippen LogP contribution in [0.25, 0.3) is 10.2 Å². The van der Waals surface area contributed by atoms with Crippen molar-refractivity contribution in [2.24, 2.45) is 0 Å². The van der Waals surface area contributed by atoms with Gasteiger partial charge in [0.05, 0.1) is 27.9 Å². The molecule has 0 spiro atoms. The van der Waals surface area contributed by atoms with Crippen LogP contribution in [0.1, 0.15) is 77.2 Å². The summed E-state index contributed by atoms with van der Waals surface area (Å²) in [4.78, 5) is 32.8. The summed E-state index contributed by atoms with van der Waals surface area (Å²) in [7, 11) is 0. The highest BCUT2D eigenvalue weighted by Gasteiger charge is 2.42. The molecule has 2 aliphatic rings. The van der Waals surface area contributed by atoms with Crippen molar-refractivity contribution in [1.82, 2.24) is 24.8 Å². The van der Waals surface area contributed by atoms with E-state index in [-0.39, 0.29) is 23.5 Å². The predicted molar refractivity (Wildman–Crippen MR) is 119 cm³/mol. The second-order valence-corrected chi connectivity index (χ2v) is 10.1. The molecule has 1 amide bonds. The van der Waals surface area contributed by atoms with Gasteiger partial charge in [-0.05, 0) is 38.8 Å². The number of hydrogen-bond donors (Lipinski definition) is 2. The standard InChI is InChI=1S/C23H23N5O3S/c1-23(2,30)22-27-16(12-7-8-12)19(31-22)21(29)28-10-9-14-17(25-11-24-14)18(28)20-26-13-5-3-4-6-15(13)32-20/h3-6,11-12,18,30H,7-10H2,1-2H3,(H,24,25)/t18-/m0/s1. The summed E-state index contributed by atoms with van der Waals surface area (Å²) in [5.41, 5.74) is 2.15. The molecule has 0 unspecified atom stereocenters. The number of hydrogen-bond acceptors (Lipinski definition) is 7. The molecule has 4 aromatic rings. The zero-order valence-corrected chi connectivity index (χ0v) is 18.6. The van der Waals surface area contributed by atoms with Crippen LogP contribution in [0.3, 0.4) is 0 Å². The van der Waals surface area contributed by atoms with Crippen LogP contribution in [0, 0.1) is 0 Å². The van der Waals surface area contributed by atoms with Crippen molar-refractivity contribution < 1.29 is 14.3 Å². The molecule has 1 saturated carbocycles. The summed E-state index contributed by atoms with van der Waals surface area (Å²) >= 11 is 1.57. The first-order valence-corrected chi connectivity index (χ1v) is 11.6. The number of amides is 1. The summed E-state index contributed by atoms with van der Waals surface area (Å²) in [6, 6.07) is 7.56. The number of para-hydroxylation sites is 1. The lowest BCUT2D eigenvalue weighted by Crippen LogP contribution is -2.41. The Morgan fingerprint density at radius 2 is 2.06 bits per heavy atom. The van der Waals surface area contributed by atoms with Gasteiger partial charge in [0.25, 0.3) is 5.91 Å². The van der Waals surface area contributed by atoms with E-state index in [9.17, 15) is 9.90 Å². The van der Waals surface area contributed by atoms with Crippen molar-refractivity contribution in [3.8, 4) is 0 Å². The van der Waals surface area contributed by atoms with Crippen molar-refractivity contribution >= 4 is 27.5 Å². The molecule has 0 saturated heterocycles. The van der Waals surface area contributed by atoms with Crippen molar-refractivity contribution in [2.45, 2.75) is 50.7 Å². The molecule has 1 aromatic carbocycles. The van der Waals surface area contributed by atoms with Gasteiger partial charge in [0, 0.05) is 24.6 Å². The van der Waals surface area contributed by atoms with Gasteiger partial charge in [-0.1, -0.05) is 12.1 Å². The largest absolute Gasteiger partial charge is 0.432 e. The number of benzene rings is 1. The first kappa shape index (κ1) is 19.6. The average Bonchev–Trinajstić information content (AvgIpc) is 3.18. The Morgan fingerprint density at radius 3 is 2.81 bits per heavy atom. The predicted octanol–water partition coefficient (Wildman–Crippen LogP) is 3.90. The molecule has 1 aliphatic heterocycles. The highest BCUT2D eigenvalue weighted by atomic mass is 32.1. The lowest BCUT2D eigenvalue weighted by molar-refractivity contribution is 0.0441. The highest BCUT2D eigenvalue weighted by Crippen LogP contribution is 2.44. The van der Waals surface area contributed by atoms with E-state index >= 15 is 0 Å². The third-order valence-electron chi connectivity index (χ3n) is 6.07. The summed E-state index contributed by atoms with van der Waals surface area (Å²) in [6.07, 6.45) is 4.30. The summed E-state index contributed by atoms with van der Waals surface area (Å²) in [6.45, 7) is 3.74. The molecule has 4 heterocycles. The number of aromatic amines is 1. The number of H-pyrrole nitrogens is 1. The second kappa shape index (κ2) is 6.98. The van der Waals surface area contributed by atoms with E-state index in [4.69, 9.17) is 9.40 Å². The number of carbonyl (C=O) groups is 1. The zero-order valence-electron chi connectivity index (χ0n) is 17.8. The Labute approximate surface area is 188 Å². The molecular formula is C23H23N5O3S. The van der Waals surface area contributed by atoms with Gasteiger partial charge in [-0.3, -0.25) is 4.79 Å². The maximum absolute atomic E-state index is 13.9. The SMILES string of the molecule is CC(C)(O)c1nc(C2CC2)c(C(=O)N2CCc3[nH]cnc3[C@H]2c2nc3ccccc3s2)o1. The summed E-state index contributed by atoms with van der Waals surface area (Å²) < 4.78 is 6.98.